The van der Waals surface area contributed by atoms with Crippen LogP contribution in [0.3, 0.4) is 0 Å². The molecule has 2 N–H and O–H groups in total. The number of nitrogens with two attached hydrogens (primary N) is 1. The van der Waals surface area contributed by atoms with Crippen LogP contribution in [0.1, 0.15) is 29.9 Å². The molecule has 6 heteroatoms. The molecule has 0 saturated heterocycles. The number of hydrogen-bond acceptors (Lipinski definition) is 2. The molecule has 1 heterocycles. The highest BCUT2D eigenvalue weighted by Crippen LogP contribution is 2.23. The van der Waals surface area contributed by atoms with E-state index in [1.165, 1.54) is 0 Å². The van der Waals surface area contributed by atoms with Gasteiger partial charge in [0.15, 0.2) is 0 Å². The van der Waals surface area contributed by atoms with Crippen LogP contribution in [0.5, 0.6) is 0 Å². The molecule has 0 aliphatic heterocycles. The van der Waals surface area contributed by atoms with Crippen LogP contribution in [-0.2, 0) is 19.9 Å². The van der Waals surface area contributed by atoms with Crippen molar-refractivity contribution in [2.45, 2.75) is 25.8 Å². The van der Waals surface area contributed by atoms with E-state index in [0.717, 1.165) is 17.8 Å². The molecule has 0 fully saturated rings. The summed E-state index contributed by atoms with van der Waals surface area (Å²) in [7, 11) is 1.75. The molecule has 1 aromatic carbocycles. The van der Waals surface area contributed by atoms with Gasteiger partial charge >= 0.3 is 0 Å². The predicted molar refractivity (Wildman–Crippen MR) is 69.5 cm³/mol. The maximum atomic E-state index is 13.7. The molecule has 0 aliphatic carbocycles. The standard InChI is InChI=1S/C14H16F3N3/c1-3-9-6-10(20(2)19-9)7-13(18)14-11(16)4-8(15)5-12(14)17/h4-6,13H,3,7,18H2,1-2H3. The topological polar surface area (TPSA) is 43.8 Å². The van der Waals surface area contributed by atoms with Crippen molar-refractivity contribution in [3.63, 3.8) is 0 Å². The van der Waals surface area contributed by atoms with Crippen LogP contribution in [0.25, 0.3) is 0 Å². The van der Waals surface area contributed by atoms with Gasteiger partial charge in [-0.25, -0.2) is 13.2 Å². The lowest BCUT2D eigenvalue weighted by molar-refractivity contribution is 0.497. The molecule has 1 unspecified atom stereocenters. The maximum absolute atomic E-state index is 13.7. The Bertz CT molecular complexity index is 599. The number of nitrogens with zero attached hydrogens (tertiary/aromatic N) is 2. The largest absolute Gasteiger partial charge is 0.323 e. The van der Waals surface area contributed by atoms with Gasteiger partial charge in [-0.05, 0) is 12.5 Å². The first-order valence-electron chi connectivity index (χ1n) is 6.34. The second kappa shape index (κ2) is 5.66. The first-order valence-corrected chi connectivity index (χ1v) is 6.34. The molecule has 2 rings (SSSR count). The summed E-state index contributed by atoms with van der Waals surface area (Å²) >= 11 is 0. The molecule has 3 nitrogen and oxygen atoms in total. The average Bonchev–Trinajstić information content (AvgIpc) is 2.68. The van der Waals surface area contributed by atoms with Gasteiger partial charge in [-0.3, -0.25) is 4.68 Å². The Hall–Kier alpha value is -1.82. The number of benzene rings is 1. The summed E-state index contributed by atoms with van der Waals surface area (Å²) in [6.45, 7) is 1.96. The lowest BCUT2D eigenvalue weighted by Crippen LogP contribution is -2.18. The Morgan fingerprint density at radius 2 is 1.80 bits per heavy atom. The van der Waals surface area contributed by atoms with Crippen molar-refractivity contribution >= 4 is 0 Å². The molecule has 1 aromatic heterocycles. The minimum atomic E-state index is -0.965. The van der Waals surface area contributed by atoms with E-state index in [0.29, 0.717) is 12.1 Å². The van der Waals surface area contributed by atoms with Crippen LogP contribution in [0.2, 0.25) is 0 Å². The van der Waals surface area contributed by atoms with Gasteiger partial charge in [0.25, 0.3) is 0 Å². The van der Waals surface area contributed by atoms with Crippen molar-refractivity contribution in [1.82, 2.24) is 9.78 Å². The normalized spacial score (nSPS) is 12.7. The lowest BCUT2D eigenvalue weighted by atomic mass is 10.0. The van der Waals surface area contributed by atoms with Crippen molar-refractivity contribution in [3.8, 4) is 0 Å². The van der Waals surface area contributed by atoms with Gasteiger partial charge in [0.05, 0.1) is 5.69 Å². The molecular weight excluding hydrogens is 267 g/mol. The molecular formula is C14H16F3N3. The third kappa shape index (κ3) is 2.85. The third-order valence-electron chi connectivity index (χ3n) is 3.23. The fraction of sp³-hybridized carbons (Fsp3) is 0.357. The molecule has 0 aliphatic rings. The first kappa shape index (κ1) is 14.6. The van der Waals surface area contributed by atoms with Gasteiger partial charge in [-0.2, -0.15) is 5.10 Å². The Kier molecular flexibility index (Phi) is 4.13. The molecule has 2 aromatic rings. The number of aryl methyl sites for hydroxylation is 2. The highest BCUT2D eigenvalue weighted by molar-refractivity contribution is 5.26. The maximum Gasteiger partial charge on any atom is 0.133 e. The summed E-state index contributed by atoms with van der Waals surface area (Å²) in [6, 6.07) is 2.23. The lowest BCUT2D eigenvalue weighted by Gasteiger charge is -2.14. The Labute approximate surface area is 115 Å². The van der Waals surface area contributed by atoms with E-state index in [2.05, 4.69) is 5.10 Å². The van der Waals surface area contributed by atoms with Gasteiger partial charge in [-0.1, -0.05) is 6.92 Å². The van der Waals surface area contributed by atoms with Crippen molar-refractivity contribution in [3.05, 3.63) is 52.6 Å². The van der Waals surface area contributed by atoms with Gasteiger partial charge in [-0.15, -0.1) is 0 Å². The highest BCUT2D eigenvalue weighted by Gasteiger charge is 2.20. The summed E-state index contributed by atoms with van der Waals surface area (Å²) in [5.41, 5.74) is 7.21. The molecule has 108 valence electrons. The van der Waals surface area contributed by atoms with Gasteiger partial charge in [0, 0.05) is 42.9 Å². The molecule has 0 radical (unpaired) electrons. The van der Waals surface area contributed by atoms with Gasteiger partial charge in [0.2, 0.25) is 0 Å². The third-order valence-corrected chi connectivity index (χ3v) is 3.23. The van der Waals surface area contributed by atoms with Crippen molar-refractivity contribution in [2.75, 3.05) is 0 Å². The minimum Gasteiger partial charge on any atom is -0.323 e. The van der Waals surface area contributed by atoms with E-state index in [4.69, 9.17) is 5.73 Å². The summed E-state index contributed by atoms with van der Waals surface area (Å²) in [4.78, 5) is 0. The molecule has 0 saturated carbocycles. The minimum absolute atomic E-state index is 0.225. The van der Waals surface area contributed by atoms with Crippen LogP contribution < -0.4 is 5.73 Å². The Morgan fingerprint density at radius 3 is 2.30 bits per heavy atom. The Balaban J connectivity index is 2.28. The first-order chi connectivity index (χ1) is 9.42. The fourth-order valence-electron chi connectivity index (χ4n) is 2.17. The number of hydrogen-bond donors (Lipinski definition) is 1. The number of aromatic nitrogens is 2. The van der Waals surface area contributed by atoms with Crippen molar-refractivity contribution in [1.29, 1.82) is 0 Å². The summed E-state index contributed by atoms with van der Waals surface area (Å²) in [5.74, 6) is -2.88. The molecule has 1 atom stereocenters. The molecule has 0 amide bonds. The van der Waals surface area contributed by atoms with Crippen LogP contribution in [0.4, 0.5) is 13.2 Å². The van der Waals surface area contributed by atoms with Crippen molar-refractivity contribution in [2.24, 2.45) is 12.8 Å². The summed E-state index contributed by atoms with van der Waals surface area (Å²) in [6.07, 6.45) is 0.991. The predicted octanol–water partition coefficient (Wildman–Crippen LogP) is 2.64. The van der Waals surface area contributed by atoms with E-state index in [-0.39, 0.29) is 12.0 Å². The van der Waals surface area contributed by atoms with Crippen LogP contribution in [0, 0.1) is 17.5 Å². The SMILES string of the molecule is CCc1cc(CC(N)c2c(F)cc(F)cc2F)n(C)n1. The number of rotatable bonds is 4. The van der Waals surface area contributed by atoms with Gasteiger partial charge < -0.3 is 5.73 Å². The quantitative estimate of drug-likeness (QED) is 0.937. The van der Waals surface area contributed by atoms with Crippen molar-refractivity contribution < 1.29 is 13.2 Å². The zero-order chi connectivity index (χ0) is 14.9. The van der Waals surface area contributed by atoms with Crippen LogP contribution >= 0.6 is 0 Å². The van der Waals surface area contributed by atoms with E-state index in [1.54, 1.807) is 11.7 Å². The molecule has 0 spiro atoms. The number of halogens is 3. The van der Waals surface area contributed by atoms with E-state index in [9.17, 15) is 13.2 Å². The summed E-state index contributed by atoms with van der Waals surface area (Å²) < 4.78 is 41.8. The second-order valence-corrected chi connectivity index (χ2v) is 4.70. The van der Waals surface area contributed by atoms with Crippen LogP contribution in [0.15, 0.2) is 18.2 Å². The molecule has 0 bridgehead atoms. The highest BCUT2D eigenvalue weighted by atomic mass is 19.1. The van der Waals surface area contributed by atoms with Gasteiger partial charge in [0.1, 0.15) is 17.5 Å². The van der Waals surface area contributed by atoms with E-state index >= 15 is 0 Å². The second-order valence-electron chi connectivity index (χ2n) is 4.70. The summed E-state index contributed by atoms with van der Waals surface area (Å²) in [5, 5.41) is 4.25. The average molecular weight is 283 g/mol. The molecule has 20 heavy (non-hydrogen) atoms. The zero-order valence-electron chi connectivity index (χ0n) is 11.3. The Morgan fingerprint density at radius 1 is 1.20 bits per heavy atom. The van der Waals surface area contributed by atoms with E-state index < -0.39 is 23.5 Å². The zero-order valence-corrected chi connectivity index (χ0v) is 11.3. The van der Waals surface area contributed by atoms with Crippen LogP contribution in [-0.4, -0.2) is 9.78 Å². The fourth-order valence-corrected chi connectivity index (χ4v) is 2.17. The smallest absolute Gasteiger partial charge is 0.133 e. The monoisotopic (exact) mass is 283 g/mol. The van der Waals surface area contributed by atoms with E-state index in [1.807, 2.05) is 13.0 Å².